The Labute approximate surface area is 110 Å². The number of carbonyl (C=O) groups is 1. The average molecular weight is 264 g/mol. The number of hydrogen-bond donors (Lipinski definition) is 2. The Morgan fingerprint density at radius 2 is 2.11 bits per heavy atom. The van der Waals surface area contributed by atoms with Crippen molar-refractivity contribution in [3.8, 4) is 0 Å². The van der Waals surface area contributed by atoms with E-state index in [-0.39, 0.29) is 16.9 Å². The highest BCUT2D eigenvalue weighted by Crippen LogP contribution is 2.30. The highest BCUT2D eigenvalue weighted by molar-refractivity contribution is 5.95. The molecule has 0 bridgehead atoms. The lowest BCUT2D eigenvalue weighted by atomic mass is 10.1. The van der Waals surface area contributed by atoms with E-state index in [4.69, 9.17) is 5.11 Å². The van der Waals surface area contributed by atoms with E-state index in [1.54, 1.807) is 6.07 Å². The van der Waals surface area contributed by atoms with Crippen LogP contribution in [0.1, 0.15) is 36.0 Å². The Hall–Kier alpha value is -2.11. The van der Waals surface area contributed by atoms with E-state index in [0.29, 0.717) is 12.5 Å². The summed E-state index contributed by atoms with van der Waals surface area (Å²) in [6, 6.07) is 4.33. The molecule has 1 aromatic rings. The molecule has 0 atom stereocenters. The molecule has 0 aromatic heterocycles. The normalized spacial score (nSPS) is 15.4. The molecule has 2 N–H and O–H groups in total. The zero-order valence-electron chi connectivity index (χ0n) is 10.5. The van der Waals surface area contributed by atoms with Crippen LogP contribution in [0.3, 0.4) is 0 Å². The third-order valence-corrected chi connectivity index (χ3v) is 3.50. The number of hydrogen-bond acceptors (Lipinski definition) is 4. The van der Waals surface area contributed by atoms with E-state index in [1.807, 2.05) is 0 Å². The van der Waals surface area contributed by atoms with Crippen molar-refractivity contribution in [3.05, 3.63) is 33.9 Å². The number of para-hydroxylation sites is 1. The van der Waals surface area contributed by atoms with Crippen molar-refractivity contribution in [1.82, 2.24) is 0 Å². The van der Waals surface area contributed by atoms with Crippen LogP contribution in [0.5, 0.6) is 0 Å². The molecule has 0 radical (unpaired) electrons. The number of benzene rings is 1. The van der Waals surface area contributed by atoms with E-state index in [0.717, 1.165) is 12.8 Å². The van der Waals surface area contributed by atoms with Crippen molar-refractivity contribution in [2.24, 2.45) is 5.92 Å². The van der Waals surface area contributed by atoms with Gasteiger partial charge in [-0.3, -0.25) is 10.1 Å². The molecule has 19 heavy (non-hydrogen) atoms. The van der Waals surface area contributed by atoms with Crippen LogP contribution in [0.25, 0.3) is 0 Å². The summed E-state index contributed by atoms with van der Waals surface area (Å²) in [5, 5.41) is 23.1. The molecule has 0 spiro atoms. The number of nitro groups is 1. The maximum absolute atomic E-state index is 11.0. The third kappa shape index (κ3) is 3.01. The van der Waals surface area contributed by atoms with Crippen LogP contribution in [0.15, 0.2) is 18.2 Å². The summed E-state index contributed by atoms with van der Waals surface area (Å²) in [4.78, 5) is 21.4. The van der Waals surface area contributed by atoms with Gasteiger partial charge in [0.1, 0.15) is 11.3 Å². The van der Waals surface area contributed by atoms with Gasteiger partial charge in [0, 0.05) is 6.54 Å². The topological polar surface area (TPSA) is 92.5 Å². The van der Waals surface area contributed by atoms with Crippen LogP contribution in [-0.2, 0) is 0 Å². The molecule has 0 aliphatic heterocycles. The molecule has 0 saturated heterocycles. The molecule has 6 nitrogen and oxygen atoms in total. The van der Waals surface area contributed by atoms with Gasteiger partial charge in [-0.25, -0.2) is 4.79 Å². The summed E-state index contributed by atoms with van der Waals surface area (Å²) in [6.45, 7) is 0.657. The quantitative estimate of drug-likeness (QED) is 0.630. The largest absolute Gasteiger partial charge is 0.477 e. The van der Waals surface area contributed by atoms with Crippen LogP contribution >= 0.6 is 0 Å². The van der Waals surface area contributed by atoms with Crippen molar-refractivity contribution >= 4 is 17.3 Å². The van der Waals surface area contributed by atoms with Crippen LogP contribution in [0.2, 0.25) is 0 Å². The standard InChI is InChI=1S/C13H16N2O4/c16-13(17)10-6-3-7-11(12(10)15(18)19)14-8-9-4-1-2-5-9/h3,6-7,9,14H,1-2,4-5,8H2,(H,16,17). The number of rotatable bonds is 5. The molecule has 1 fully saturated rings. The summed E-state index contributed by atoms with van der Waals surface area (Å²) in [5.74, 6) is -0.760. The highest BCUT2D eigenvalue weighted by Gasteiger charge is 2.24. The Morgan fingerprint density at radius 3 is 2.68 bits per heavy atom. The zero-order valence-corrected chi connectivity index (χ0v) is 10.5. The Balaban J connectivity index is 2.20. The van der Waals surface area contributed by atoms with Crippen molar-refractivity contribution in [3.63, 3.8) is 0 Å². The maximum atomic E-state index is 11.0. The van der Waals surface area contributed by atoms with Crippen LogP contribution in [0, 0.1) is 16.0 Å². The number of carboxylic acid groups (broad SMARTS) is 1. The smallest absolute Gasteiger partial charge is 0.342 e. The number of nitrogens with zero attached hydrogens (tertiary/aromatic N) is 1. The predicted octanol–water partition coefficient (Wildman–Crippen LogP) is 2.90. The minimum absolute atomic E-state index is 0.276. The minimum atomic E-state index is -1.28. The van der Waals surface area contributed by atoms with Crippen molar-refractivity contribution < 1.29 is 14.8 Å². The second kappa shape index (κ2) is 5.69. The molecule has 0 amide bonds. The molecule has 1 aliphatic rings. The molecule has 102 valence electrons. The summed E-state index contributed by atoms with van der Waals surface area (Å²) in [7, 11) is 0. The Morgan fingerprint density at radius 1 is 1.42 bits per heavy atom. The van der Waals surface area contributed by atoms with E-state index < -0.39 is 10.9 Å². The number of nitro benzene ring substituents is 1. The summed E-state index contributed by atoms with van der Waals surface area (Å²) >= 11 is 0. The number of aromatic carboxylic acids is 1. The molecule has 0 unspecified atom stereocenters. The number of nitrogens with one attached hydrogen (secondary N) is 1. The second-order valence-corrected chi connectivity index (χ2v) is 4.80. The first-order valence-corrected chi connectivity index (χ1v) is 6.34. The van der Waals surface area contributed by atoms with Gasteiger partial charge < -0.3 is 10.4 Å². The van der Waals surface area contributed by atoms with Crippen LogP contribution in [-0.4, -0.2) is 22.5 Å². The predicted molar refractivity (Wildman–Crippen MR) is 70.5 cm³/mol. The molecule has 6 heteroatoms. The van der Waals surface area contributed by atoms with Crippen molar-refractivity contribution in [1.29, 1.82) is 0 Å². The van der Waals surface area contributed by atoms with Crippen LogP contribution in [0.4, 0.5) is 11.4 Å². The Bertz CT molecular complexity index is 495. The molecular weight excluding hydrogens is 248 g/mol. The first-order valence-electron chi connectivity index (χ1n) is 6.34. The van der Waals surface area contributed by atoms with Gasteiger partial charge in [-0.05, 0) is 30.9 Å². The third-order valence-electron chi connectivity index (χ3n) is 3.50. The fourth-order valence-corrected chi connectivity index (χ4v) is 2.52. The van der Waals surface area contributed by atoms with E-state index in [1.165, 1.54) is 25.0 Å². The van der Waals surface area contributed by atoms with Crippen LogP contribution < -0.4 is 5.32 Å². The second-order valence-electron chi connectivity index (χ2n) is 4.80. The molecular formula is C13H16N2O4. The first kappa shape index (κ1) is 13.3. The van der Waals surface area contributed by atoms with Gasteiger partial charge >= 0.3 is 11.7 Å². The van der Waals surface area contributed by atoms with Gasteiger partial charge in [0.05, 0.1) is 4.92 Å². The van der Waals surface area contributed by atoms with Gasteiger partial charge in [-0.2, -0.15) is 0 Å². The van der Waals surface area contributed by atoms with E-state index in [2.05, 4.69) is 5.32 Å². The van der Waals surface area contributed by atoms with E-state index in [9.17, 15) is 14.9 Å². The first-order chi connectivity index (χ1) is 9.09. The fourth-order valence-electron chi connectivity index (χ4n) is 2.52. The number of anilines is 1. The van der Waals surface area contributed by atoms with Gasteiger partial charge in [-0.15, -0.1) is 0 Å². The fraction of sp³-hybridized carbons (Fsp3) is 0.462. The van der Waals surface area contributed by atoms with E-state index >= 15 is 0 Å². The molecule has 1 aromatic carbocycles. The Kier molecular flexibility index (Phi) is 3.99. The SMILES string of the molecule is O=C(O)c1cccc(NCC2CCCC2)c1[N+](=O)[O-]. The lowest BCUT2D eigenvalue weighted by molar-refractivity contribution is -0.384. The average Bonchev–Trinajstić information content (AvgIpc) is 2.88. The molecule has 1 aliphatic carbocycles. The van der Waals surface area contributed by atoms with Gasteiger partial charge in [0.15, 0.2) is 0 Å². The zero-order chi connectivity index (χ0) is 13.8. The molecule has 1 saturated carbocycles. The summed E-state index contributed by atoms with van der Waals surface area (Å²) in [5.41, 5.74) is -0.341. The molecule has 2 rings (SSSR count). The lowest BCUT2D eigenvalue weighted by Crippen LogP contribution is -2.13. The summed E-state index contributed by atoms with van der Waals surface area (Å²) in [6.07, 6.45) is 4.64. The molecule has 0 heterocycles. The monoisotopic (exact) mass is 264 g/mol. The lowest BCUT2D eigenvalue weighted by Gasteiger charge is -2.12. The van der Waals surface area contributed by atoms with Gasteiger partial charge in [0.25, 0.3) is 0 Å². The van der Waals surface area contributed by atoms with Crippen molar-refractivity contribution in [2.45, 2.75) is 25.7 Å². The number of carboxylic acids is 1. The maximum Gasteiger partial charge on any atom is 0.342 e. The van der Waals surface area contributed by atoms with Gasteiger partial charge in [0.2, 0.25) is 0 Å². The van der Waals surface area contributed by atoms with Crippen molar-refractivity contribution in [2.75, 3.05) is 11.9 Å². The summed E-state index contributed by atoms with van der Waals surface area (Å²) < 4.78 is 0. The van der Waals surface area contributed by atoms with Gasteiger partial charge in [-0.1, -0.05) is 18.9 Å². The highest BCUT2D eigenvalue weighted by atomic mass is 16.6. The minimum Gasteiger partial charge on any atom is -0.477 e.